The number of rotatable bonds is 9. The molecule has 1 aromatic carbocycles. The zero-order valence-corrected chi connectivity index (χ0v) is 25.8. The van der Waals surface area contributed by atoms with E-state index < -0.39 is 41.0 Å². The average molecular weight is 627 g/mol. The number of ether oxygens (including phenoxy) is 2. The van der Waals surface area contributed by atoms with Crippen LogP contribution in [0, 0.1) is 11.3 Å². The first-order valence-electron chi connectivity index (χ1n) is 13.7. The standard InChI is InChI=1S/C29H37F3N4O6S/c1-27(2,3)25(39)34-13-7-12-33-24(38)20-15-18(14-17-8-10-19(11-9-17)41-29(30,31)32)22(37)21-23(20)43-16-36(21)35-26(40)42-28(4,5)6/h8-11,15,18H,7,12-14,16H2,1-6H3,(H,33,38)(H,34,39)(H,35,40). The number of carbonyl (C=O) groups excluding carboxylic acids is 4. The second-order valence-electron chi connectivity index (χ2n) is 12.1. The third-order valence-electron chi connectivity index (χ3n) is 6.09. The van der Waals surface area contributed by atoms with E-state index in [2.05, 4.69) is 20.8 Å². The predicted molar refractivity (Wildman–Crippen MR) is 154 cm³/mol. The first-order chi connectivity index (χ1) is 19.8. The number of nitrogens with one attached hydrogen (secondary N) is 3. The molecule has 3 amide bonds. The first kappa shape index (κ1) is 33.8. The zero-order chi connectivity index (χ0) is 32.2. The number of carbonyl (C=O) groups is 4. The fraction of sp³-hybridized carbons (Fsp3) is 0.517. The fourth-order valence-electron chi connectivity index (χ4n) is 4.13. The molecule has 1 atom stereocenters. The number of benzene rings is 1. The Labute approximate surface area is 252 Å². The Kier molecular flexibility index (Phi) is 10.5. The van der Waals surface area contributed by atoms with Gasteiger partial charge in [-0.2, -0.15) is 0 Å². The molecule has 1 aliphatic carbocycles. The van der Waals surface area contributed by atoms with Gasteiger partial charge in [-0.3, -0.25) is 19.4 Å². The van der Waals surface area contributed by atoms with Gasteiger partial charge in [-0.05, 0) is 51.3 Å². The number of thioether (sulfide) groups is 1. The number of nitrogens with zero attached hydrogens (tertiary/aromatic N) is 1. The summed E-state index contributed by atoms with van der Waals surface area (Å²) in [7, 11) is 0. The highest BCUT2D eigenvalue weighted by molar-refractivity contribution is 8.03. The SMILES string of the molecule is CC(C)(C)OC(=O)NN1CSC2=C1C(=O)C(Cc1ccc(OC(F)(F)F)cc1)C=C2C(=O)NCCCNC(=O)C(C)(C)C. The molecule has 0 saturated heterocycles. The molecule has 1 heterocycles. The van der Waals surface area contributed by atoms with Gasteiger partial charge in [0.1, 0.15) is 17.0 Å². The Bertz CT molecular complexity index is 1300. The topological polar surface area (TPSA) is 126 Å². The van der Waals surface area contributed by atoms with Crippen molar-refractivity contribution in [3.8, 4) is 5.75 Å². The molecule has 236 valence electrons. The predicted octanol–water partition coefficient (Wildman–Crippen LogP) is 4.58. The lowest BCUT2D eigenvalue weighted by atomic mass is 9.86. The van der Waals surface area contributed by atoms with Crippen LogP contribution >= 0.6 is 11.8 Å². The van der Waals surface area contributed by atoms with Crippen LogP contribution in [0.5, 0.6) is 5.75 Å². The molecule has 0 aromatic heterocycles. The summed E-state index contributed by atoms with van der Waals surface area (Å²) in [4.78, 5) is 51.9. The highest BCUT2D eigenvalue weighted by Crippen LogP contribution is 2.42. The molecule has 0 radical (unpaired) electrons. The van der Waals surface area contributed by atoms with Crippen molar-refractivity contribution in [1.82, 2.24) is 21.1 Å². The second-order valence-corrected chi connectivity index (χ2v) is 13.0. The molecule has 0 bridgehead atoms. The van der Waals surface area contributed by atoms with Gasteiger partial charge in [0.05, 0.1) is 16.4 Å². The molecule has 1 unspecified atom stereocenters. The summed E-state index contributed by atoms with van der Waals surface area (Å²) >= 11 is 1.21. The van der Waals surface area contributed by atoms with Crippen LogP contribution in [-0.2, 0) is 25.5 Å². The summed E-state index contributed by atoms with van der Waals surface area (Å²) in [5, 5.41) is 6.98. The van der Waals surface area contributed by atoms with Gasteiger partial charge < -0.3 is 20.1 Å². The molecular weight excluding hydrogens is 589 g/mol. The van der Waals surface area contributed by atoms with Crippen LogP contribution in [0.3, 0.4) is 0 Å². The molecule has 0 fully saturated rings. The summed E-state index contributed by atoms with van der Waals surface area (Å²) in [6.07, 6.45) is -3.51. The number of hydrogen-bond acceptors (Lipinski definition) is 8. The van der Waals surface area contributed by atoms with Crippen molar-refractivity contribution in [3.63, 3.8) is 0 Å². The molecular formula is C29H37F3N4O6S. The average Bonchev–Trinajstić information content (AvgIpc) is 3.27. The normalized spacial score (nSPS) is 17.2. The maximum absolute atomic E-state index is 13.7. The van der Waals surface area contributed by atoms with Crippen LogP contribution in [-0.4, -0.2) is 59.6 Å². The lowest BCUT2D eigenvalue weighted by Crippen LogP contribution is -2.45. The van der Waals surface area contributed by atoms with Gasteiger partial charge in [0.15, 0.2) is 5.78 Å². The van der Waals surface area contributed by atoms with E-state index in [9.17, 15) is 32.3 Å². The highest BCUT2D eigenvalue weighted by Gasteiger charge is 2.41. The summed E-state index contributed by atoms with van der Waals surface area (Å²) in [6.45, 7) is 11.1. The monoisotopic (exact) mass is 626 g/mol. The second kappa shape index (κ2) is 13.3. The van der Waals surface area contributed by atoms with E-state index in [0.717, 1.165) is 12.1 Å². The van der Waals surface area contributed by atoms with Crippen LogP contribution in [0.15, 0.2) is 46.5 Å². The van der Waals surface area contributed by atoms with E-state index in [0.29, 0.717) is 23.4 Å². The van der Waals surface area contributed by atoms with Gasteiger partial charge in [0, 0.05) is 24.4 Å². The fourth-order valence-corrected chi connectivity index (χ4v) is 5.24. The third-order valence-corrected chi connectivity index (χ3v) is 7.18. The van der Waals surface area contributed by atoms with Crippen LogP contribution < -0.4 is 20.8 Å². The summed E-state index contributed by atoms with van der Waals surface area (Å²) in [5.74, 6) is -2.01. The van der Waals surface area contributed by atoms with Gasteiger partial charge in [-0.25, -0.2) is 10.2 Å². The molecule has 1 aliphatic heterocycles. The minimum absolute atomic E-state index is 0.0858. The Balaban J connectivity index is 1.79. The van der Waals surface area contributed by atoms with Crippen molar-refractivity contribution >= 4 is 35.5 Å². The minimum Gasteiger partial charge on any atom is -0.443 e. The Morgan fingerprint density at radius 2 is 1.63 bits per heavy atom. The molecule has 43 heavy (non-hydrogen) atoms. The van der Waals surface area contributed by atoms with E-state index in [1.807, 2.05) is 0 Å². The number of allylic oxidation sites excluding steroid dienone is 2. The Hall–Kier alpha value is -3.68. The molecule has 14 heteroatoms. The van der Waals surface area contributed by atoms with Crippen molar-refractivity contribution in [2.24, 2.45) is 11.3 Å². The number of hydrogen-bond donors (Lipinski definition) is 3. The van der Waals surface area contributed by atoms with Crippen molar-refractivity contribution in [2.45, 2.75) is 66.3 Å². The zero-order valence-electron chi connectivity index (χ0n) is 24.9. The van der Waals surface area contributed by atoms with Crippen LogP contribution in [0.4, 0.5) is 18.0 Å². The molecule has 3 rings (SSSR count). The van der Waals surface area contributed by atoms with Gasteiger partial charge in [0.2, 0.25) is 5.91 Å². The van der Waals surface area contributed by atoms with E-state index >= 15 is 0 Å². The van der Waals surface area contributed by atoms with E-state index in [1.165, 1.54) is 28.9 Å². The summed E-state index contributed by atoms with van der Waals surface area (Å²) in [6, 6.07) is 5.13. The number of hydrazine groups is 1. The van der Waals surface area contributed by atoms with Crippen molar-refractivity contribution in [2.75, 3.05) is 19.0 Å². The van der Waals surface area contributed by atoms with Gasteiger partial charge >= 0.3 is 12.5 Å². The van der Waals surface area contributed by atoms with E-state index in [-0.39, 0.29) is 41.8 Å². The van der Waals surface area contributed by atoms with Gasteiger partial charge in [0.25, 0.3) is 5.91 Å². The third kappa shape index (κ3) is 9.94. The van der Waals surface area contributed by atoms with E-state index in [4.69, 9.17) is 4.74 Å². The van der Waals surface area contributed by atoms with Crippen LogP contribution in [0.25, 0.3) is 0 Å². The minimum atomic E-state index is -4.84. The maximum atomic E-state index is 13.7. The largest absolute Gasteiger partial charge is 0.573 e. The number of ketones is 1. The van der Waals surface area contributed by atoms with Crippen molar-refractivity contribution < 1.29 is 41.8 Å². The number of amides is 3. The maximum Gasteiger partial charge on any atom is 0.573 e. The lowest BCUT2D eigenvalue weighted by molar-refractivity contribution is -0.274. The quantitative estimate of drug-likeness (QED) is 0.340. The lowest BCUT2D eigenvalue weighted by Gasteiger charge is -2.28. The molecule has 10 nitrogen and oxygen atoms in total. The van der Waals surface area contributed by atoms with Gasteiger partial charge in [-0.1, -0.05) is 50.7 Å². The van der Waals surface area contributed by atoms with Gasteiger partial charge in [-0.15, -0.1) is 13.2 Å². The van der Waals surface area contributed by atoms with E-state index in [1.54, 1.807) is 47.6 Å². The number of halogens is 3. The first-order valence-corrected chi connectivity index (χ1v) is 14.6. The summed E-state index contributed by atoms with van der Waals surface area (Å²) < 4.78 is 46.9. The van der Waals surface area contributed by atoms with Crippen LogP contribution in [0.1, 0.15) is 53.5 Å². The molecule has 0 saturated carbocycles. The molecule has 3 N–H and O–H groups in total. The number of alkyl halides is 3. The highest BCUT2D eigenvalue weighted by atomic mass is 32.2. The molecule has 2 aliphatic rings. The van der Waals surface area contributed by atoms with Crippen molar-refractivity contribution in [3.05, 3.63) is 52.1 Å². The Morgan fingerprint density at radius 1 is 1.00 bits per heavy atom. The smallest absolute Gasteiger partial charge is 0.443 e. The molecule has 0 spiro atoms. The van der Waals surface area contributed by atoms with Crippen molar-refractivity contribution in [1.29, 1.82) is 0 Å². The number of Topliss-reactive ketones (excluding diaryl/α,β-unsaturated/α-hetero) is 1. The van der Waals surface area contributed by atoms with Crippen LogP contribution in [0.2, 0.25) is 0 Å². The molecule has 1 aromatic rings. The summed E-state index contributed by atoms with van der Waals surface area (Å²) in [5.41, 5.74) is 2.16. The Morgan fingerprint density at radius 3 is 2.21 bits per heavy atom.